The van der Waals surface area contributed by atoms with Gasteiger partial charge in [-0.15, -0.1) is 11.3 Å². The van der Waals surface area contributed by atoms with Gasteiger partial charge >= 0.3 is 0 Å². The minimum absolute atomic E-state index is 0.665. The Morgan fingerprint density at radius 2 is 0.959 bits per heavy atom. The van der Waals surface area contributed by atoms with Crippen molar-refractivity contribution >= 4 is 64.5 Å². The molecule has 0 saturated heterocycles. The molecule has 0 radical (unpaired) electrons. The first-order chi connectivity index (χ1) is 24.3. The second-order valence-electron chi connectivity index (χ2n) is 12.4. The first-order valence-corrected chi connectivity index (χ1v) is 17.3. The molecule has 0 saturated carbocycles. The van der Waals surface area contributed by atoms with Crippen molar-refractivity contribution in [3.05, 3.63) is 164 Å². The number of hydrogen-bond acceptors (Lipinski definition) is 4. The fraction of sp³-hybridized carbons (Fsp3) is 0. The molecule has 0 aliphatic carbocycles. The molecule has 0 unspecified atom stereocenters. The fourth-order valence-electron chi connectivity index (χ4n) is 7.24. The minimum Gasteiger partial charge on any atom is -0.208 e. The highest BCUT2D eigenvalue weighted by atomic mass is 32.1. The van der Waals surface area contributed by atoms with Crippen LogP contribution in [0.2, 0.25) is 0 Å². The predicted molar refractivity (Wildman–Crippen MR) is 207 cm³/mol. The predicted octanol–water partition coefficient (Wildman–Crippen LogP) is 12.4. The molecular weight excluding hydrogens is 615 g/mol. The van der Waals surface area contributed by atoms with E-state index in [1.165, 1.54) is 53.5 Å². The van der Waals surface area contributed by atoms with E-state index in [-0.39, 0.29) is 0 Å². The van der Waals surface area contributed by atoms with Gasteiger partial charge in [0.1, 0.15) is 0 Å². The van der Waals surface area contributed by atoms with Crippen molar-refractivity contribution in [2.24, 2.45) is 0 Å². The molecule has 49 heavy (non-hydrogen) atoms. The smallest absolute Gasteiger partial charge is 0.174 e. The van der Waals surface area contributed by atoms with Crippen LogP contribution in [-0.2, 0) is 0 Å². The standard InChI is InChI=1S/C45H27N3S/c1-2-13-29(14-3-1)43-46-44(48-45(47-43)41-27-31-16-6-11-21-40(31)49-41)38-25-24-36(34-19-9-10-20-35(34)38)42-33-18-8-5-15-30(33)26-39-32-17-7-4-12-28(32)22-23-37(39)42/h1-27H. The molecule has 10 aromatic rings. The van der Waals surface area contributed by atoms with Gasteiger partial charge in [-0.05, 0) is 83.9 Å². The van der Waals surface area contributed by atoms with Crippen LogP contribution in [0.4, 0.5) is 0 Å². The van der Waals surface area contributed by atoms with E-state index in [4.69, 9.17) is 15.0 Å². The van der Waals surface area contributed by atoms with Gasteiger partial charge in [-0.3, -0.25) is 0 Å². The Hall–Kier alpha value is -6.23. The highest BCUT2D eigenvalue weighted by Gasteiger charge is 2.19. The van der Waals surface area contributed by atoms with E-state index in [1.54, 1.807) is 11.3 Å². The molecule has 228 valence electrons. The highest BCUT2D eigenvalue weighted by Crippen LogP contribution is 2.44. The summed E-state index contributed by atoms with van der Waals surface area (Å²) in [6.07, 6.45) is 0. The van der Waals surface area contributed by atoms with Gasteiger partial charge in [0.15, 0.2) is 17.5 Å². The Bertz CT molecular complexity index is 2860. The van der Waals surface area contributed by atoms with E-state index in [0.717, 1.165) is 26.8 Å². The zero-order valence-electron chi connectivity index (χ0n) is 26.3. The van der Waals surface area contributed by atoms with Crippen molar-refractivity contribution in [2.45, 2.75) is 0 Å². The third kappa shape index (κ3) is 4.61. The average molecular weight is 642 g/mol. The molecule has 0 fully saturated rings. The topological polar surface area (TPSA) is 38.7 Å². The molecule has 2 aromatic heterocycles. The number of hydrogen-bond donors (Lipinski definition) is 0. The SMILES string of the molecule is c1ccc(-c2nc(-c3cc4ccccc4s3)nc(-c3ccc(-c4c5ccccc5cc5c4ccc4ccccc45)c4ccccc34)n2)cc1. The lowest BCUT2D eigenvalue weighted by Gasteiger charge is -2.17. The molecule has 0 aliphatic rings. The first kappa shape index (κ1) is 27.8. The normalized spacial score (nSPS) is 11.7. The van der Waals surface area contributed by atoms with Crippen LogP contribution in [0.1, 0.15) is 0 Å². The van der Waals surface area contributed by atoms with Crippen LogP contribution < -0.4 is 0 Å². The lowest BCUT2D eigenvalue weighted by Crippen LogP contribution is -2.00. The zero-order chi connectivity index (χ0) is 32.3. The highest BCUT2D eigenvalue weighted by molar-refractivity contribution is 7.22. The van der Waals surface area contributed by atoms with Crippen LogP contribution in [0.3, 0.4) is 0 Å². The molecule has 3 nitrogen and oxygen atoms in total. The van der Waals surface area contributed by atoms with E-state index in [1.807, 2.05) is 18.2 Å². The summed E-state index contributed by atoms with van der Waals surface area (Å²) in [5, 5.41) is 10.9. The van der Waals surface area contributed by atoms with Crippen molar-refractivity contribution in [1.29, 1.82) is 0 Å². The van der Waals surface area contributed by atoms with E-state index in [2.05, 4.69) is 146 Å². The van der Waals surface area contributed by atoms with Crippen LogP contribution in [0.25, 0.3) is 97.8 Å². The van der Waals surface area contributed by atoms with Crippen LogP contribution >= 0.6 is 11.3 Å². The summed E-state index contributed by atoms with van der Waals surface area (Å²) in [5.74, 6) is 2.01. The number of nitrogens with zero attached hydrogens (tertiary/aromatic N) is 3. The summed E-state index contributed by atoms with van der Waals surface area (Å²) in [6, 6.07) is 58.2. The molecule has 0 bridgehead atoms. The Kier molecular flexibility index (Phi) is 6.36. The Morgan fingerprint density at radius 1 is 0.347 bits per heavy atom. The maximum Gasteiger partial charge on any atom is 0.174 e. The van der Waals surface area contributed by atoms with Crippen molar-refractivity contribution < 1.29 is 0 Å². The second kappa shape index (κ2) is 11.2. The van der Waals surface area contributed by atoms with Gasteiger partial charge in [0, 0.05) is 15.8 Å². The van der Waals surface area contributed by atoms with Crippen LogP contribution in [0, 0.1) is 0 Å². The summed E-state index contributed by atoms with van der Waals surface area (Å²) < 4.78 is 1.21. The summed E-state index contributed by atoms with van der Waals surface area (Å²) in [7, 11) is 0. The molecule has 0 N–H and O–H groups in total. The molecule has 0 amide bonds. The van der Waals surface area contributed by atoms with Gasteiger partial charge in [0.25, 0.3) is 0 Å². The molecule has 4 heteroatoms. The summed E-state index contributed by atoms with van der Waals surface area (Å²) in [5.41, 5.74) is 4.38. The lowest BCUT2D eigenvalue weighted by molar-refractivity contribution is 1.08. The van der Waals surface area contributed by atoms with Gasteiger partial charge in [-0.2, -0.15) is 0 Å². The van der Waals surface area contributed by atoms with Crippen molar-refractivity contribution in [3.63, 3.8) is 0 Å². The second-order valence-corrected chi connectivity index (χ2v) is 13.5. The third-order valence-corrected chi connectivity index (χ3v) is 10.6. The van der Waals surface area contributed by atoms with Crippen LogP contribution in [-0.4, -0.2) is 15.0 Å². The largest absolute Gasteiger partial charge is 0.208 e. The zero-order valence-corrected chi connectivity index (χ0v) is 27.2. The first-order valence-electron chi connectivity index (χ1n) is 16.4. The number of rotatable bonds is 4. The van der Waals surface area contributed by atoms with Gasteiger partial charge in [0.2, 0.25) is 0 Å². The van der Waals surface area contributed by atoms with E-state index >= 15 is 0 Å². The maximum atomic E-state index is 5.17. The monoisotopic (exact) mass is 641 g/mol. The Morgan fingerprint density at radius 3 is 1.78 bits per heavy atom. The number of aromatic nitrogens is 3. The van der Waals surface area contributed by atoms with Gasteiger partial charge < -0.3 is 0 Å². The van der Waals surface area contributed by atoms with Crippen LogP contribution in [0.15, 0.2) is 164 Å². The lowest BCUT2D eigenvalue weighted by atomic mass is 9.87. The molecule has 0 atom stereocenters. The van der Waals surface area contributed by atoms with E-state index in [9.17, 15) is 0 Å². The van der Waals surface area contributed by atoms with Crippen molar-refractivity contribution in [1.82, 2.24) is 15.0 Å². The molecule has 0 aliphatic heterocycles. The molecular formula is C45H27N3S. The molecule has 10 rings (SSSR count). The fourth-order valence-corrected chi connectivity index (χ4v) is 8.23. The Balaban J connectivity index is 1.24. The minimum atomic E-state index is 0.665. The molecule has 2 heterocycles. The van der Waals surface area contributed by atoms with Gasteiger partial charge in [0.05, 0.1) is 4.88 Å². The van der Waals surface area contributed by atoms with Crippen molar-refractivity contribution in [2.75, 3.05) is 0 Å². The average Bonchev–Trinajstić information content (AvgIpc) is 3.62. The quantitative estimate of drug-likeness (QED) is 0.142. The number of thiophene rings is 1. The summed E-state index contributed by atoms with van der Waals surface area (Å²) in [4.78, 5) is 16.3. The summed E-state index contributed by atoms with van der Waals surface area (Å²) >= 11 is 1.71. The maximum absolute atomic E-state index is 5.17. The van der Waals surface area contributed by atoms with E-state index in [0.29, 0.717) is 17.5 Å². The number of benzene rings is 8. The van der Waals surface area contributed by atoms with E-state index < -0.39 is 0 Å². The van der Waals surface area contributed by atoms with Gasteiger partial charge in [-0.1, -0.05) is 140 Å². The molecule has 8 aromatic carbocycles. The van der Waals surface area contributed by atoms with Crippen molar-refractivity contribution in [3.8, 4) is 44.6 Å². The third-order valence-electron chi connectivity index (χ3n) is 9.52. The van der Waals surface area contributed by atoms with Crippen LogP contribution in [0.5, 0.6) is 0 Å². The number of fused-ring (bicyclic) bond motifs is 6. The Labute approximate surface area is 286 Å². The molecule has 0 spiro atoms. The van der Waals surface area contributed by atoms with Gasteiger partial charge in [-0.25, -0.2) is 15.0 Å². The summed E-state index contributed by atoms with van der Waals surface area (Å²) in [6.45, 7) is 0.